The van der Waals surface area contributed by atoms with Crippen LogP contribution in [0.15, 0.2) is 23.6 Å². The Bertz CT molecular complexity index is 773. The number of nitrogen functional groups attached to an aromatic ring is 1. The Morgan fingerprint density at radius 2 is 2.20 bits per heavy atom. The molecule has 104 valence electrons. The minimum Gasteiger partial charge on any atom is -0.397 e. The number of nitrogens with zero attached hydrogens (tertiary/aromatic N) is 2. The maximum atomic E-state index is 6.18. The van der Waals surface area contributed by atoms with E-state index in [1.54, 1.807) is 11.3 Å². The Balaban J connectivity index is 2.28. The molecule has 0 spiro atoms. The van der Waals surface area contributed by atoms with Crippen molar-refractivity contribution in [3.8, 4) is 10.7 Å². The molecule has 3 aromatic rings. The Labute approximate surface area is 127 Å². The smallest absolute Gasteiger partial charge is 0.153 e. The van der Waals surface area contributed by atoms with Crippen LogP contribution in [-0.4, -0.2) is 9.55 Å². The zero-order valence-corrected chi connectivity index (χ0v) is 13.1. The van der Waals surface area contributed by atoms with E-state index in [0.29, 0.717) is 5.02 Å². The lowest BCUT2D eigenvalue weighted by molar-refractivity contribution is 0.705. The van der Waals surface area contributed by atoms with Crippen LogP contribution in [0.25, 0.3) is 21.7 Å². The van der Waals surface area contributed by atoms with Gasteiger partial charge in [0.05, 0.1) is 21.6 Å². The van der Waals surface area contributed by atoms with Gasteiger partial charge in [-0.2, -0.15) is 0 Å². The van der Waals surface area contributed by atoms with Crippen molar-refractivity contribution in [2.75, 3.05) is 5.73 Å². The summed E-state index contributed by atoms with van der Waals surface area (Å²) in [5, 5.41) is 2.79. The molecule has 0 aliphatic rings. The molecule has 2 N–H and O–H groups in total. The van der Waals surface area contributed by atoms with E-state index in [9.17, 15) is 0 Å². The second-order valence-electron chi connectivity index (χ2n) is 4.88. The monoisotopic (exact) mass is 305 g/mol. The zero-order chi connectivity index (χ0) is 14.3. The van der Waals surface area contributed by atoms with Crippen LogP contribution in [0.5, 0.6) is 0 Å². The normalized spacial score (nSPS) is 11.3. The van der Waals surface area contributed by atoms with E-state index in [-0.39, 0.29) is 0 Å². The van der Waals surface area contributed by atoms with Gasteiger partial charge in [0, 0.05) is 11.6 Å². The number of anilines is 1. The summed E-state index contributed by atoms with van der Waals surface area (Å²) in [6.45, 7) is 5.11. The summed E-state index contributed by atoms with van der Waals surface area (Å²) in [5.41, 5.74) is 10.2. The summed E-state index contributed by atoms with van der Waals surface area (Å²) in [5.74, 6) is 0.944. The van der Waals surface area contributed by atoms with Crippen LogP contribution in [0.4, 0.5) is 5.69 Å². The lowest BCUT2D eigenvalue weighted by Crippen LogP contribution is -2.00. The van der Waals surface area contributed by atoms with Gasteiger partial charge in [-0.3, -0.25) is 0 Å². The molecule has 0 radical (unpaired) electrons. The lowest BCUT2D eigenvalue weighted by Gasteiger charge is -2.07. The maximum Gasteiger partial charge on any atom is 0.153 e. The van der Waals surface area contributed by atoms with E-state index in [4.69, 9.17) is 22.3 Å². The fourth-order valence-corrected chi connectivity index (χ4v) is 3.49. The van der Waals surface area contributed by atoms with Crippen molar-refractivity contribution in [3.05, 3.63) is 34.2 Å². The average molecular weight is 306 g/mol. The van der Waals surface area contributed by atoms with Gasteiger partial charge in [-0.25, -0.2) is 4.98 Å². The molecule has 0 aliphatic carbocycles. The predicted molar refractivity (Wildman–Crippen MR) is 87.5 cm³/mol. The molecule has 0 fully saturated rings. The third kappa shape index (κ3) is 2.09. The van der Waals surface area contributed by atoms with Crippen molar-refractivity contribution in [2.45, 2.75) is 26.8 Å². The quantitative estimate of drug-likeness (QED) is 0.761. The van der Waals surface area contributed by atoms with Crippen LogP contribution < -0.4 is 5.73 Å². The molecule has 2 heterocycles. The molecular weight excluding hydrogens is 290 g/mol. The third-order valence-corrected chi connectivity index (χ3v) is 4.73. The van der Waals surface area contributed by atoms with E-state index in [1.165, 1.54) is 0 Å². The van der Waals surface area contributed by atoms with Gasteiger partial charge in [-0.1, -0.05) is 18.5 Å². The minimum absolute atomic E-state index is 0.709. The first-order valence-corrected chi connectivity index (χ1v) is 7.87. The van der Waals surface area contributed by atoms with Gasteiger partial charge in [0.15, 0.2) is 5.82 Å². The topological polar surface area (TPSA) is 43.8 Å². The van der Waals surface area contributed by atoms with Crippen molar-refractivity contribution in [1.29, 1.82) is 0 Å². The lowest BCUT2D eigenvalue weighted by atomic mass is 10.2. The maximum absolute atomic E-state index is 6.18. The highest BCUT2D eigenvalue weighted by Crippen LogP contribution is 2.36. The van der Waals surface area contributed by atoms with Crippen molar-refractivity contribution in [1.82, 2.24) is 9.55 Å². The number of aryl methyl sites for hydroxylation is 2. The minimum atomic E-state index is 0.709. The number of rotatable bonds is 3. The number of thiophene rings is 1. The Hall–Kier alpha value is -1.52. The summed E-state index contributed by atoms with van der Waals surface area (Å²) < 4.78 is 2.23. The van der Waals surface area contributed by atoms with Gasteiger partial charge < -0.3 is 10.3 Å². The molecule has 0 aliphatic heterocycles. The number of nitrogens with two attached hydrogens (primary N) is 1. The SMILES string of the molecule is CCCn1c(-c2scc(C)c2N)nc2cc(Cl)ccc21. The summed E-state index contributed by atoms with van der Waals surface area (Å²) in [7, 11) is 0. The largest absolute Gasteiger partial charge is 0.397 e. The number of hydrogen-bond acceptors (Lipinski definition) is 3. The molecule has 1 aromatic carbocycles. The van der Waals surface area contributed by atoms with E-state index < -0.39 is 0 Å². The first-order valence-electron chi connectivity index (χ1n) is 6.61. The second kappa shape index (κ2) is 5.11. The number of aromatic nitrogens is 2. The van der Waals surface area contributed by atoms with E-state index >= 15 is 0 Å². The Morgan fingerprint density at radius 3 is 2.85 bits per heavy atom. The molecule has 0 unspecified atom stereocenters. The van der Waals surface area contributed by atoms with Gasteiger partial charge in [-0.05, 0) is 42.5 Å². The Morgan fingerprint density at radius 1 is 1.40 bits per heavy atom. The summed E-state index contributed by atoms with van der Waals surface area (Å²) >= 11 is 7.71. The Kier molecular flexibility index (Phi) is 3.44. The number of hydrogen-bond donors (Lipinski definition) is 1. The molecule has 0 atom stereocenters. The first-order chi connectivity index (χ1) is 9.61. The first kappa shape index (κ1) is 13.5. The average Bonchev–Trinajstić information content (AvgIpc) is 2.92. The van der Waals surface area contributed by atoms with Crippen molar-refractivity contribution < 1.29 is 0 Å². The van der Waals surface area contributed by atoms with Crippen LogP contribution in [-0.2, 0) is 6.54 Å². The molecule has 3 rings (SSSR count). The van der Waals surface area contributed by atoms with Crippen LogP contribution in [0, 0.1) is 6.92 Å². The van der Waals surface area contributed by atoms with Gasteiger partial charge in [0.25, 0.3) is 0 Å². The van der Waals surface area contributed by atoms with Crippen LogP contribution in [0.1, 0.15) is 18.9 Å². The molecule has 0 saturated carbocycles. The van der Waals surface area contributed by atoms with E-state index in [1.807, 2.05) is 25.1 Å². The van der Waals surface area contributed by atoms with Gasteiger partial charge >= 0.3 is 0 Å². The molecule has 0 bridgehead atoms. The van der Waals surface area contributed by atoms with Gasteiger partial charge in [0.1, 0.15) is 0 Å². The number of fused-ring (bicyclic) bond motifs is 1. The second-order valence-corrected chi connectivity index (χ2v) is 6.20. The number of imidazole rings is 1. The summed E-state index contributed by atoms with van der Waals surface area (Å²) in [6, 6.07) is 5.84. The number of halogens is 1. The highest BCUT2D eigenvalue weighted by atomic mass is 35.5. The summed E-state index contributed by atoms with van der Waals surface area (Å²) in [6.07, 6.45) is 1.05. The van der Waals surface area contributed by atoms with E-state index in [2.05, 4.69) is 16.9 Å². The standard InChI is InChI=1S/C15H16ClN3S/c1-3-6-19-12-5-4-10(16)7-11(12)18-15(19)14-13(17)9(2)8-20-14/h4-5,7-8H,3,6,17H2,1-2H3. The predicted octanol–water partition coefficient (Wildman–Crippen LogP) is 4.72. The van der Waals surface area contributed by atoms with Crippen molar-refractivity contribution >= 4 is 39.7 Å². The molecule has 2 aromatic heterocycles. The highest BCUT2D eigenvalue weighted by Gasteiger charge is 2.17. The highest BCUT2D eigenvalue weighted by molar-refractivity contribution is 7.14. The van der Waals surface area contributed by atoms with Crippen molar-refractivity contribution in [2.24, 2.45) is 0 Å². The molecule has 5 heteroatoms. The van der Waals surface area contributed by atoms with Crippen LogP contribution >= 0.6 is 22.9 Å². The fraction of sp³-hybridized carbons (Fsp3) is 0.267. The van der Waals surface area contributed by atoms with Crippen molar-refractivity contribution in [3.63, 3.8) is 0 Å². The van der Waals surface area contributed by atoms with Crippen LogP contribution in [0.2, 0.25) is 5.02 Å². The summed E-state index contributed by atoms with van der Waals surface area (Å²) in [4.78, 5) is 5.79. The molecule has 20 heavy (non-hydrogen) atoms. The zero-order valence-electron chi connectivity index (χ0n) is 11.5. The molecule has 0 amide bonds. The molecule has 0 saturated heterocycles. The van der Waals surface area contributed by atoms with Gasteiger partial charge in [-0.15, -0.1) is 11.3 Å². The van der Waals surface area contributed by atoms with Crippen LogP contribution in [0.3, 0.4) is 0 Å². The van der Waals surface area contributed by atoms with Gasteiger partial charge in [0.2, 0.25) is 0 Å². The number of benzene rings is 1. The third-order valence-electron chi connectivity index (χ3n) is 3.38. The molecular formula is C15H16ClN3S. The van der Waals surface area contributed by atoms with E-state index in [0.717, 1.165) is 46.0 Å². The molecule has 3 nitrogen and oxygen atoms in total. The fourth-order valence-electron chi connectivity index (χ4n) is 2.35.